The molecule has 1 aliphatic rings. The highest BCUT2D eigenvalue weighted by Gasteiger charge is 2.25. The van der Waals surface area contributed by atoms with Crippen LogP contribution in [0.15, 0.2) is 47.4 Å². The van der Waals surface area contributed by atoms with Crippen molar-refractivity contribution in [3.05, 3.63) is 64.3 Å². The number of halogens is 1. The Morgan fingerprint density at radius 1 is 1.25 bits per heavy atom. The second-order valence-electron chi connectivity index (χ2n) is 5.94. The van der Waals surface area contributed by atoms with E-state index in [1.807, 2.05) is 0 Å². The van der Waals surface area contributed by atoms with Crippen molar-refractivity contribution in [3.8, 4) is 11.5 Å². The number of carbonyl (C=O) groups excluding carboxylic acids is 2. The molecule has 0 spiro atoms. The standard InChI is InChI=1S/C19H15FN2O5S/c20-13-7-11(9-16-17(23)22-19(26)28-16)3-6-15(13)27-12-4-1-10(2-5-12)8-14(21)18(24)25/h1-7,9,14H,8,21H2,(H,24,25)(H,22,23,26). The van der Waals surface area contributed by atoms with Gasteiger partial charge in [-0.05, 0) is 59.7 Å². The normalized spacial score (nSPS) is 16.1. The molecule has 2 aromatic rings. The number of carboxylic acids is 1. The number of amides is 2. The zero-order valence-electron chi connectivity index (χ0n) is 14.3. The zero-order valence-corrected chi connectivity index (χ0v) is 15.2. The summed E-state index contributed by atoms with van der Waals surface area (Å²) in [6.07, 6.45) is 1.58. The summed E-state index contributed by atoms with van der Waals surface area (Å²) in [5.41, 5.74) is 6.62. The van der Waals surface area contributed by atoms with Crippen LogP contribution in [0, 0.1) is 5.82 Å². The minimum Gasteiger partial charge on any atom is -0.480 e. The van der Waals surface area contributed by atoms with Crippen molar-refractivity contribution in [1.29, 1.82) is 0 Å². The largest absolute Gasteiger partial charge is 0.480 e. The van der Waals surface area contributed by atoms with E-state index >= 15 is 0 Å². The Bertz CT molecular complexity index is 975. The van der Waals surface area contributed by atoms with Gasteiger partial charge in [0.25, 0.3) is 11.1 Å². The minimum absolute atomic E-state index is 0.0169. The Labute approximate surface area is 163 Å². The fourth-order valence-electron chi connectivity index (χ4n) is 2.42. The smallest absolute Gasteiger partial charge is 0.320 e. The van der Waals surface area contributed by atoms with Gasteiger partial charge in [-0.2, -0.15) is 0 Å². The number of nitrogens with two attached hydrogens (primary N) is 1. The van der Waals surface area contributed by atoms with E-state index in [-0.39, 0.29) is 17.1 Å². The summed E-state index contributed by atoms with van der Waals surface area (Å²) < 4.78 is 19.8. The first-order valence-corrected chi connectivity index (χ1v) is 8.93. The molecule has 0 aliphatic carbocycles. The third kappa shape index (κ3) is 4.76. The van der Waals surface area contributed by atoms with Crippen LogP contribution in [-0.2, 0) is 16.0 Å². The maximum Gasteiger partial charge on any atom is 0.320 e. The average Bonchev–Trinajstić information content (AvgIpc) is 2.96. The van der Waals surface area contributed by atoms with Gasteiger partial charge < -0.3 is 15.6 Å². The van der Waals surface area contributed by atoms with Gasteiger partial charge in [-0.25, -0.2) is 4.39 Å². The Hall–Kier alpha value is -3.17. The number of ether oxygens (including phenoxy) is 1. The molecule has 28 heavy (non-hydrogen) atoms. The van der Waals surface area contributed by atoms with E-state index in [9.17, 15) is 18.8 Å². The molecular formula is C19H15FN2O5S. The molecule has 3 rings (SSSR count). The molecule has 0 radical (unpaired) electrons. The Kier molecular flexibility index (Phi) is 5.76. The number of aliphatic carboxylic acids is 1. The maximum atomic E-state index is 14.3. The van der Waals surface area contributed by atoms with E-state index in [0.29, 0.717) is 16.9 Å². The molecule has 0 bridgehead atoms. The highest BCUT2D eigenvalue weighted by Crippen LogP contribution is 2.29. The van der Waals surface area contributed by atoms with Crippen LogP contribution < -0.4 is 15.8 Å². The predicted molar refractivity (Wildman–Crippen MR) is 101 cm³/mol. The van der Waals surface area contributed by atoms with Crippen LogP contribution in [0.2, 0.25) is 0 Å². The van der Waals surface area contributed by atoms with Crippen molar-refractivity contribution in [1.82, 2.24) is 5.32 Å². The van der Waals surface area contributed by atoms with Gasteiger partial charge in [0, 0.05) is 0 Å². The number of rotatable bonds is 6. The van der Waals surface area contributed by atoms with E-state index in [0.717, 1.165) is 11.8 Å². The van der Waals surface area contributed by atoms with Gasteiger partial charge in [-0.15, -0.1) is 0 Å². The molecule has 1 saturated heterocycles. The van der Waals surface area contributed by atoms with Gasteiger partial charge in [0.05, 0.1) is 4.91 Å². The van der Waals surface area contributed by atoms with Crippen molar-refractivity contribution in [2.24, 2.45) is 5.73 Å². The number of carbonyl (C=O) groups is 3. The van der Waals surface area contributed by atoms with Crippen LogP contribution in [-0.4, -0.2) is 28.3 Å². The van der Waals surface area contributed by atoms with E-state index in [1.54, 1.807) is 30.3 Å². The Balaban J connectivity index is 1.70. The van der Waals surface area contributed by atoms with Gasteiger partial charge in [-0.1, -0.05) is 18.2 Å². The molecular weight excluding hydrogens is 387 g/mol. The summed E-state index contributed by atoms with van der Waals surface area (Å²) >= 11 is 0.750. The molecule has 1 fully saturated rings. The van der Waals surface area contributed by atoms with Crippen LogP contribution >= 0.6 is 11.8 Å². The summed E-state index contributed by atoms with van der Waals surface area (Å²) in [5, 5.41) is 10.5. The monoisotopic (exact) mass is 402 g/mol. The topological polar surface area (TPSA) is 119 Å². The summed E-state index contributed by atoms with van der Waals surface area (Å²) in [5.74, 6) is -1.89. The van der Waals surface area contributed by atoms with Gasteiger partial charge >= 0.3 is 5.97 Å². The molecule has 144 valence electrons. The number of imide groups is 1. The lowest BCUT2D eigenvalue weighted by molar-refractivity contribution is -0.138. The lowest BCUT2D eigenvalue weighted by Gasteiger charge is -2.10. The third-order valence-corrected chi connectivity index (χ3v) is 4.63. The fraction of sp³-hybridized carbons (Fsp3) is 0.105. The lowest BCUT2D eigenvalue weighted by atomic mass is 10.1. The highest BCUT2D eigenvalue weighted by molar-refractivity contribution is 8.18. The summed E-state index contributed by atoms with van der Waals surface area (Å²) in [7, 11) is 0. The second kappa shape index (κ2) is 8.24. The quantitative estimate of drug-likeness (QED) is 0.636. The number of thioether (sulfide) groups is 1. The van der Waals surface area contributed by atoms with Crippen molar-refractivity contribution >= 4 is 35.0 Å². The van der Waals surface area contributed by atoms with Gasteiger partial charge in [0.1, 0.15) is 11.8 Å². The molecule has 7 nitrogen and oxygen atoms in total. The van der Waals surface area contributed by atoms with E-state index in [2.05, 4.69) is 5.32 Å². The molecule has 4 N–H and O–H groups in total. The fourth-order valence-corrected chi connectivity index (χ4v) is 3.11. The zero-order chi connectivity index (χ0) is 20.3. The summed E-state index contributed by atoms with van der Waals surface area (Å²) in [6.45, 7) is 0. The highest BCUT2D eigenvalue weighted by atomic mass is 32.2. The second-order valence-corrected chi connectivity index (χ2v) is 6.95. The number of nitrogens with one attached hydrogen (secondary N) is 1. The van der Waals surface area contributed by atoms with Gasteiger partial charge in [0.2, 0.25) is 0 Å². The lowest BCUT2D eigenvalue weighted by Crippen LogP contribution is -2.32. The van der Waals surface area contributed by atoms with E-state index in [1.165, 1.54) is 18.2 Å². The van der Waals surface area contributed by atoms with E-state index < -0.39 is 29.0 Å². The predicted octanol–water partition coefficient (Wildman–Crippen LogP) is 2.90. The van der Waals surface area contributed by atoms with Crippen LogP contribution in [0.4, 0.5) is 9.18 Å². The number of hydrogen-bond acceptors (Lipinski definition) is 6. The molecule has 9 heteroatoms. The van der Waals surface area contributed by atoms with Crippen LogP contribution in [0.1, 0.15) is 11.1 Å². The van der Waals surface area contributed by atoms with Crippen molar-refractivity contribution in [2.75, 3.05) is 0 Å². The molecule has 2 aromatic carbocycles. The first kappa shape index (κ1) is 19.6. The van der Waals surface area contributed by atoms with Crippen LogP contribution in [0.25, 0.3) is 6.08 Å². The van der Waals surface area contributed by atoms with Gasteiger partial charge in [0.15, 0.2) is 11.6 Å². The van der Waals surface area contributed by atoms with Gasteiger partial charge in [-0.3, -0.25) is 19.7 Å². The average molecular weight is 402 g/mol. The molecule has 2 amide bonds. The first-order valence-electron chi connectivity index (χ1n) is 8.11. The summed E-state index contributed by atoms with van der Waals surface area (Å²) in [4.78, 5) is 33.7. The maximum absolute atomic E-state index is 14.3. The van der Waals surface area contributed by atoms with Crippen LogP contribution in [0.5, 0.6) is 11.5 Å². The molecule has 1 atom stereocenters. The SMILES string of the molecule is NC(Cc1ccc(Oc2ccc(C=C3SC(=O)NC3=O)cc2F)cc1)C(=O)O. The molecule has 0 aromatic heterocycles. The number of benzene rings is 2. The van der Waals surface area contributed by atoms with E-state index in [4.69, 9.17) is 15.6 Å². The molecule has 0 saturated carbocycles. The molecule has 1 heterocycles. The van der Waals surface area contributed by atoms with Crippen molar-refractivity contribution in [3.63, 3.8) is 0 Å². The first-order chi connectivity index (χ1) is 13.3. The minimum atomic E-state index is -1.09. The number of carboxylic acid groups (broad SMARTS) is 1. The Morgan fingerprint density at radius 2 is 1.96 bits per heavy atom. The molecule has 1 aliphatic heterocycles. The van der Waals surface area contributed by atoms with Crippen molar-refractivity contribution < 1.29 is 28.6 Å². The van der Waals surface area contributed by atoms with Crippen molar-refractivity contribution in [2.45, 2.75) is 12.5 Å². The Morgan fingerprint density at radius 3 is 2.54 bits per heavy atom. The summed E-state index contributed by atoms with van der Waals surface area (Å²) in [6, 6.07) is 9.65. The number of hydrogen-bond donors (Lipinski definition) is 3. The third-order valence-electron chi connectivity index (χ3n) is 3.82. The van der Waals surface area contributed by atoms with Crippen LogP contribution in [0.3, 0.4) is 0 Å². The molecule has 1 unspecified atom stereocenters.